The van der Waals surface area contributed by atoms with Gasteiger partial charge in [-0.15, -0.1) is 0 Å². The summed E-state index contributed by atoms with van der Waals surface area (Å²) in [5.74, 6) is -0.230. The molecule has 1 aromatic carbocycles. The summed E-state index contributed by atoms with van der Waals surface area (Å²) in [7, 11) is -3.84. The van der Waals surface area contributed by atoms with Crippen LogP contribution in [0.2, 0.25) is 0 Å². The number of aromatic nitrogens is 3. The van der Waals surface area contributed by atoms with E-state index in [0.29, 0.717) is 41.4 Å². The number of carbonyl (C=O) groups is 1. The Kier molecular flexibility index (Phi) is 5.94. The quantitative estimate of drug-likeness (QED) is 0.436. The van der Waals surface area contributed by atoms with E-state index in [1.807, 2.05) is 13.8 Å². The number of pyridine rings is 1. The Morgan fingerprint density at radius 3 is 2.78 bits per heavy atom. The molecule has 170 valence electrons. The number of hydrogen-bond donors (Lipinski definition) is 4. The fourth-order valence-electron chi connectivity index (χ4n) is 3.62. The van der Waals surface area contributed by atoms with Crippen molar-refractivity contribution in [3.05, 3.63) is 54.2 Å². The average Bonchev–Trinajstić information content (AvgIpc) is 3.20. The third-order valence-electron chi connectivity index (χ3n) is 5.14. The summed E-state index contributed by atoms with van der Waals surface area (Å²) in [6.07, 6.45) is 5.28. The molecule has 0 saturated carbocycles. The lowest BCUT2D eigenvalue weighted by molar-refractivity contribution is 0.224. The van der Waals surface area contributed by atoms with Crippen LogP contribution in [0.1, 0.15) is 31.7 Å². The first-order valence-corrected chi connectivity index (χ1v) is 11.9. The number of thiol groups is 1. The van der Waals surface area contributed by atoms with Gasteiger partial charge in [-0.3, -0.25) is 14.8 Å². The Labute approximate surface area is 185 Å². The van der Waals surface area contributed by atoms with Crippen LogP contribution in [0.4, 0.5) is 14.9 Å². The van der Waals surface area contributed by atoms with Crippen molar-refractivity contribution in [2.45, 2.75) is 37.6 Å². The molecule has 11 heteroatoms. The van der Waals surface area contributed by atoms with Crippen LogP contribution < -0.4 is 19.9 Å². The number of rotatable bonds is 5. The summed E-state index contributed by atoms with van der Waals surface area (Å²) in [6, 6.07) is 5.35. The van der Waals surface area contributed by atoms with E-state index in [-0.39, 0.29) is 10.8 Å². The van der Waals surface area contributed by atoms with Crippen LogP contribution >= 0.6 is 0 Å². The van der Waals surface area contributed by atoms with Gasteiger partial charge in [-0.25, -0.2) is 18.1 Å². The molecule has 3 heterocycles. The number of benzene rings is 1. The van der Waals surface area contributed by atoms with Crippen molar-refractivity contribution in [3.8, 4) is 17.0 Å². The number of nitrogens with two attached hydrogens (primary N) is 1. The number of nitrogens with one attached hydrogen (secondary N) is 2. The number of aryl methyl sites for hydroxylation is 1. The first kappa shape index (κ1) is 21.9. The van der Waals surface area contributed by atoms with Gasteiger partial charge in [0.1, 0.15) is 10.7 Å². The van der Waals surface area contributed by atoms with Gasteiger partial charge in [-0.1, -0.05) is 13.8 Å². The highest BCUT2D eigenvalue weighted by Gasteiger charge is 2.27. The van der Waals surface area contributed by atoms with Gasteiger partial charge in [0.2, 0.25) is 5.88 Å². The van der Waals surface area contributed by atoms with Gasteiger partial charge in [0.25, 0.3) is 0 Å². The highest BCUT2D eigenvalue weighted by molar-refractivity contribution is 7.99. The Morgan fingerprint density at radius 1 is 1.31 bits per heavy atom. The molecule has 0 saturated heterocycles. The summed E-state index contributed by atoms with van der Waals surface area (Å²) in [6.45, 7) is 4.84. The zero-order chi connectivity index (χ0) is 22.9. The maximum absolute atomic E-state index is 14.4. The van der Waals surface area contributed by atoms with Gasteiger partial charge < -0.3 is 10.1 Å². The van der Waals surface area contributed by atoms with E-state index in [0.717, 1.165) is 6.42 Å². The molecule has 4 N–H and O–H groups in total. The molecule has 2 amide bonds. The average molecular weight is 461 g/mol. The molecule has 32 heavy (non-hydrogen) atoms. The topological polar surface area (TPSA) is 124 Å². The summed E-state index contributed by atoms with van der Waals surface area (Å²) >= 11 is 0. The van der Waals surface area contributed by atoms with E-state index in [4.69, 9.17) is 9.88 Å². The highest BCUT2D eigenvalue weighted by Crippen LogP contribution is 2.36. The van der Waals surface area contributed by atoms with E-state index in [1.165, 1.54) is 18.3 Å². The molecule has 2 aromatic heterocycles. The molecule has 1 aliphatic rings. The van der Waals surface area contributed by atoms with Crippen LogP contribution in [-0.4, -0.2) is 31.6 Å². The number of urea groups is 1. The van der Waals surface area contributed by atoms with Crippen LogP contribution in [-0.2, 0) is 16.8 Å². The molecule has 0 fully saturated rings. The van der Waals surface area contributed by atoms with Gasteiger partial charge in [-0.05, 0) is 41.3 Å². The van der Waals surface area contributed by atoms with Crippen LogP contribution in [0.25, 0.3) is 11.1 Å². The summed E-state index contributed by atoms with van der Waals surface area (Å²) in [5, 5.41) is 12.9. The van der Waals surface area contributed by atoms with E-state index in [1.54, 1.807) is 29.2 Å². The minimum absolute atomic E-state index is 0.0950. The number of halogens is 1. The van der Waals surface area contributed by atoms with E-state index in [2.05, 4.69) is 20.1 Å². The van der Waals surface area contributed by atoms with Crippen molar-refractivity contribution in [2.75, 3.05) is 11.9 Å². The number of fused-ring (bicyclic) bond motifs is 1. The van der Waals surface area contributed by atoms with Gasteiger partial charge in [0.15, 0.2) is 0 Å². The monoisotopic (exact) mass is 460 g/mol. The fourth-order valence-corrected chi connectivity index (χ4v) is 4.78. The summed E-state index contributed by atoms with van der Waals surface area (Å²) < 4.78 is 37.0. The Morgan fingerprint density at radius 2 is 2.06 bits per heavy atom. The largest absolute Gasteiger partial charge is 0.477 e. The van der Waals surface area contributed by atoms with Crippen LogP contribution in [0.5, 0.6) is 5.88 Å². The predicted molar refractivity (Wildman–Crippen MR) is 120 cm³/mol. The molecule has 0 spiro atoms. The van der Waals surface area contributed by atoms with Crippen molar-refractivity contribution < 1.29 is 18.1 Å². The molecule has 4 rings (SSSR count). The third-order valence-corrected chi connectivity index (χ3v) is 6.69. The van der Waals surface area contributed by atoms with E-state index >= 15 is 0 Å². The van der Waals surface area contributed by atoms with Crippen LogP contribution in [0.3, 0.4) is 0 Å². The molecule has 0 bridgehead atoms. The lowest BCUT2D eigenvalue weighted by Crippen LogP contribution is -2.45. The molecule has 1 aliphatic heterocycles. The molecule has 0 unspecified atom stereocenters. The van der Waals surface area contributed by atoms with Gasteiger partial charge in [-0.2, -0.15) is 5.10 Å². The molecule has 9 nitrogen and oxygen atoms in total. The first-order valence-electron chi connectivity index (χ1n) is 10.2. The Balaban J connectivity index is 1.66. The molecule has 3 aromatic rings. The zero-order valence-corrected chi connectivity index (χ0v) is 18.6. The molecule has 0 radical (unpaired) electrons. The SMILES string of the molecule is CC(C)c1cc(F)cc(-c2ccncc2)c1NC(=O)N[SH](N)(=O)c1cnn2c1OCCC2. The van der Waals surface area contributed by atoms with Crippen molar-refractivity contribution in [3.63, 3.8) is 0 Å². The number of hydrogen-bond acceptors (Lipinski definition) is 5. The molecular formula is C21H25FN6O3S. The number of nitrogens with zero attached hydrogens (tertiary/aromatic N) is 3. The molecule has 0 aliphatic carbocycles. The van der Waals surface area contributed by atoms with Crippen molar-refractivity contribution >= 4 is 22.0 Å². The van der Waals surface area contributed by atoms with Gasteiger partial charge in [0, 0.05) is 41.2 Å². The van der Waals surface area contributed by atoms with Gasteiger partial charge in [0.05, 0.1) is 18.5 Å². The second-order valence-electron chi connectivity index (χ2n) is 7.79. The second kappa shape index (κ2) is 8.67. The number of amides is 2. The number of anilines is 1. The van der Waals surface area contributed by atoms with Crippen molar-refractivity contribution in [1.82, 2.24) is 19.5 Å². The van der Waals surface area contributed by atoms with Gasteiger partial charge >= 0.3 is 6.03 Å². The fraction of sp³-hybridized carbons (Fsp3) is 0.286. The second-order valence-corrected chi connectivity index (χ2v) is 9.81. The maximum Gasteiger partial charge on any atom is 0.330 e. The number of ether oxygens (including phenoxy) is 1. The standard InChI is InChI=1S/C21H25FN6O3S/c1-13(2)16-10-15(22)11-17(14-4-6-24-7-5-14)19(16)26-21(29)27-32(23,30)18-12-25-28-8-3-9-31-20(18)28/h4-7,10-13,32H,3,8-9H2,1-2H3,(H4,23,26,27,29,30). The number of carbonyl (C=O) groups excluding carboxylic acids is 1. The van der Waals surface area contributed by atoms with E-state index < -0.39 is 22.2 Å². The minimum atomic E-state index is -3.84. The van der Waals surface area contributed by atoms with Crippen LogP contribution in [0, 0.1) is 5.82 Å². The van der Waals surface area contributed by atoms with Crippen molar-refractivity contribution in [1.29, 1.82) is 0 Å². The Bertz CT molecular complexity index is 1200. The third kappa shape index (κ3) is 4.34. The van der Waals surface area contributed by atoms with E-state index in [9.17, 15) is 13.4 Å². The summed E-state index contributed by atoms with van der Waals surface area (Å²) in [5.41, 5.74) is 2.14. The first-order chi connectivity index (χ1) is 15.3. The van der Waals surface area contributed by atoms with Crippen molar-refractivity contribution in [2.24, 2.45) is 5.14 Å². The molecule has 0 atom stereocenters. The Hall–Kier alpha value is -3.31. The highest BCUT2D eigenvalue weighted by atomic mass is 32.3. The summed E-state index contributed by atoms with van der Waals surface area (Å²) in [4.78, 5) is 17.0. The normalized spacial score (nSPS) is 13.9. The minimum Gasteiger partial charge on any atom is -0.477 e. The zero-order valence-electron chi connectivity index (χ0n) is 17.7. The van der Waals surface area contributed by atoms with Crippen LogP contribution in [0.15, 0.2) is 47.8 Å². The lowest BCUT2D eigenvalue weighted by Gasteiger charge is -2.24. The lowest BCUT2D eigenvalue weighted by atomic mass is 9.94. The molecular weight excluding hydrogens is 435 g/mol. The predicted octanol–water partition coefficient (Wildman–Crippen LogP) is 2.98. The smallest absolute Gasteiger partial charge is 0.330 e. The maximum atomic E-state index is 14.4.